The molecule has 5 nitrogen and oxygen atoms in total. The minimum Gasteiger partial charge on any atom is -0.481 e. The van der Waals surface area contributed by atoms with E-state index in [-0.39, 0.29) is 18.2 Å². The van der Waals surface area contributed by atoms with E-state index in [1.807, 2.05) is 13.8 Å². The van der Waals surface area contributed by atoms with Crippen LogP contribution in [0.15, 0.2) is 0 Å². The molecule has 0 spiro atoms. The molecular formula is C15H22N2O3S. The van der Waals surface area contributed by atoms with Gasteiger partial charge in [0.05, 0.1) is 10.7 Å². The van der Waals surface area contributed by atoms with Crippen molar-refractivity contribution < 1.29 is 14.7 Å². The van der Waals surface area contributed by atoms with E-state index in [4.69, 9.17) is 5.11 Å². The highest BCUT2D eigenvalue weighted by Crippen LogP contribution is 2.37. The van der Waals surface area contributed by atoms with Crippen molar-refractivity contribution in [2.45, 2.75) is 51.9 Å². The number of rotatable bonds is 6. The van der Waals surface area contributed by atoms with Crippen LogP contribution in [-0.4, -0.2) is 28.5 Å². The third-order valence-corrected chi connectivity index (χ3v) is 5.18. The molecule has 116 valence electrons. The number of nitrogens with one attached hydrogen (secondary N) is 1. The molecule has 1 fully saturated rings. The lowest BCUT2D eigenvalue weighted by atomic mass is 10.1. The Kier molecular flexibility index (Phi) is 5.33. The van der Waals surface area contributed by atoms with Crippen molar-refractivity contribution in [2.24, 2.45) is 5.92 Å². The van der Waals surface area contributed by atoms with Gasteiger partial charge in [0.25, 0.3) is 5.91 Å². The van der Waals surface area contributed by atoms with E-state index < -0.39 is 5.97 Å². The first-order valence-electron chi connectivity index (χ1n) is 7.44. The lowest BCUT2D eigenvalue weighted by Crippen LogP contribution is -2.29. The van der Waals surface area contributed by atoms with Crippen molar-refractivity contribution in [1.82, 2.24) is 10.3 Å². The first-order chi connectivity index (χ1) is 9.97. The summed E-state index contributed by atoms with van der Waals surface area (Å²) in [5.74, 6) is -0.532. The zero-order valence-corrected chi connectivity index (χ0v) is 13.3. The normalized spacial score (nSPS) is 16.9. The Labute approximate surface area is 128 Å². The summed E-state index contributed by atoms with van der Waals surface area (Å²) in [6, 6.07) is 0. The predicted octanol–water partition coefficient (Wildman–Crippen LogP) is 2.95. The highest BCUT2D eigenvalue weighted by Gasteiger charge is 2.23. The van der Waals surface area contributed by atoms with Crippen LogP contribution in [0.4, 0.5) is 0 Å². The molecule has 1 saturated carbocycles. The standard InChI is InChI=1S/C15H22N2O3S/c1-9(7-12(18)19)8-16-14(20)13-10(2)17-15(21-13)11-5-3-4-6-11/h9,11H,3-8H2,1-2H3,(H,16,20)(H,18,19). The fourth-order valence-corrected chi connectivity index (χ4v) is 3.85. The van der Waals surface area contributed by atoms with Gasteiger partial charge in [0.1, 0.15) is 4.88 Å². The van der Waals surface area contributed by atoms with Crippen LogP contribution >= 0.6 is 11.3 Å². The second-order valence-electron chi connectivity index (χ2n) is 5.86. The van der Waals surface area contributed by atoms with Crippen molar-refractivity contribution in [3.63, 3.8) is 0 Å². The van der Waals surface area contributed by atoms with Crippen LogP contribution in [0.1, 0.15) is 65.3 Å². The summed E-state index contributed by atoms with van der Waals surface area (Å²) < 4.78 is 0. The van der Waals surface area contributed by atoms with E-state index in [0.717, 1.165) is 10.7 Å². The summed E-state index contributed by atoms with van der Waals surface area (Å²) in [6.07, 6.45) is 4.90. The Hall–Kier alpha value is -1.43. The molecule has 1 amide bonds. The Balaban J connectivity index is 1.94. The average molecular weight is 310 g/mol. The van der Waals surface area contributed by atoms with Crippen LogP contribution in [0.3, 0.4) is 0 Å². The van der Waals surface area contributed by atoms with Crippen molar-refractivity contribution in [1.29, 1.82) is 0 Å². The largest absolute Gasteiger partial charge is 0.481 e. The van der Waals surface area contributed by atoms with Crippen LogP contribution in [0.5, 0.6) is 0 Å². The minimum absolute atomic E-state index is 0.0648. The van der Waals surface area contributed by atoms with E-state index in [9.17, 15) is 9.59 Å². The average Bonchev–Trinajstić information content (AvgIpc) is 3.04. The number of carboxylic acids is 1. The van der Waals surface area contributed by atoms with Gasteiger partial charge in [-0.2, -0.15) is 0 Å². The van der Waals surface area contributed by atoms with Crippen LogP contribution in [0.2, 0.25) is 0 Å². The number of aliphatic carboxylic acids is 1. The molecule has 21 heavy (non-hydrogen) atoms. The highest BCUT2D eigenvalue weighted by atomic mass is 32.1. The van der Waals surface area contributed by atoms with Crippen LogP contribution in [0, 0.1) is 12.8 Å². The number of hydrogen-bond acceptors (Lipinski definition) is 4. The lowest BCUT2D eigenvalue weighted by molar-refractivity contribution is -0.137. The molecule has 1 aromatic heterocycles. The topological polar surface area (TPSA) is 79.3 Å². The SMILES string of the molecule is Cc1nc(C2CCCC2)sc1C(=O)NCC(C)CC(=O)O. The van der Waals surface area contributed by atoms with Gasteiger partial charge in [0.15, 0.2) is 0 Å². The first-order valence-corrected chi connectivity index (χ1v) is 8.26. The molecule has 1 heterocycles. The number of amides is 1. The van der Waals surface area contributed by atoms with Gasteiger partial charge in [0, 0.05) is 18.9 Å². The maximum absolute atomic E-state index is 12.2. The zero-order valence-electron chi connectivity index (χ0n) is 12.5. The lowest BCUT2D eigenvalue weighted by Gasteiger charge is -2.09. The van der Waals surface area contributed by atoms with E-state index in [1.54, 1.807) is 0 Å². The van der Waals surface area contributed by atoms with E-state index >= 15 is 0 Å². The Morgan fingerprint density at radius 3 is 2.71 bits per heavy atom. The number of hydrogen-bond donors (Lipinski definition) is 2. The molecule has 2 rings (SSSR count). The fourth-order valence-electron chi connectivity index (χ4n) is 2.69. The van der Waals surface area contributed by atoms with E-state index in [1.165, 1.54) is 37.0 Å². The van der Waals surface area contributed by atoms with Crippen molar-refractivity contribution in [2.75, 3.05) is 6.54 Å². The van der Waals surface area contributed by atoms with Gasteiger partial charge < -0.3 is 10.4 Å². The molecule has 6 heteroatoms. The molecule has 0 aromatic carbocycles. The number of nitrogens with zero attached hydrogens (tertiary/aromatic N) is 1. The summed E-state index contributed by atoms with van der Waals surface area (Å²) in [7, 11) is 0. The number of carbonyl (C=O) groups excluding carboxylic acids is 1. The van der Waals surface area contributed by atoms with E-state index in [2.05, 4.69) is 10.3 Å². The summed E-state index contributed by atoms with van der Waals surface area (Å²) >= 11 is 1.49. The molecule has 1 aliphatic rings. The smallest absolute Gasteiger partial charge is 0.303 e. The van der Waals surface area contributed by atoms with Crippen LogP contribution in [-0.2, 0) is 4.79 Å². The second kappa shape index (κ2) is 7.02. The summed E-state index contributed by atoms with van der Waals surface area (Å²) in [5.41, 5.74) is 0.783. The third-order valence-electron chi connectivity index (χ3n) is 3.86. The van der Waals surface area contributed by atoms with Gasteiger partial charge in [0.2, 0.25) is 0 Å². The number of carbonyl (C=O) groups is 2. The molecule has 2 N–H and O–H groups in total. The highest BCUT2D eigenvalue weighted by molar-refractivity contribution is 7.13. The van der Waals surface area contributed by atoms with Crippen LogP contribution in [0.25, 0.3) is 0 Å². The third kappa shape index (κ3) is 4.27. The summed E-state index contributed by atoms with van der Waals surface area (Å²) in [6.45, 7) is 4.06. The van der Waals surface area contributed by atoms with Crippen molar-refractivity contribution in [3.8, 4) is 0 Å². The fraction of sp³-hybridized carbons (Fsp3) is 0.667. The monoisotopic (exact) mass is 310 g/mol. The van der Waals surface area contributed by atoms with Gasteiger partial charge in [-0.15, -0.1) is 11.3 Å². The van der Waals surface area contributed by atoms with Gasteiger partial charge in [-0.05, 0) is 25.7 Å². The molecule has 0 radical (unpaired) electrons. The van der Waals surface area contributed by atoms with Gasteiger partial charge >= 0.3 is 5.97 Å². The van der Waals surface area contributed by atoms with E-state index in [0.29, 0.717) is 17.3 Å². The maximum Gasteiger partial charge on any atom is 0.303 e. The summed E-state index contributed by atoms with van der Waals surface area (Å²) in [5, 5.41) is 12.6. The predicted molar refractivity (Wildman–Crippen MR) is 81.8 cm³/mol. The summed E-state index contributed by atoms with van der Waals surface area (Å²) in [4.78, 5) is 28.0. The Morgan fingerprint density at radius 1 is 1.43 bits per heavy atom. The number of aryl methyl sites for hydroxylation is 1. The molecule has 0 saturated heterocycles. The number of aromatic nitrogens is 1. The minimum atomic E-state index is -0.839. The number of carboxylic acid groups (broad SMARTS) is 1. The maximum atomic E-state index is 12.2. The molecule has 0 bridgehead atoms. The molecule has 0 aliphatic heterocycles. The molecule has 1 unspecified atom stereocenters. The Morgan fingerprint density at radius 2 is 2.10 bits per heavy atom. The van der Waals surface area contributed by atoms with Gasteiger partial charge in [-0.1, -0.05) is 19.8 Å². The van der Waals surface area contributed by atoms with Crippen LogP contribution < -0.4 is 5.32 Å². The van der Waals surface area contributed by atoms with Crippen molar-refractivity contribution in [3.05, 3.63) is 15.6 Å². The molecular weight excluding hydrogens is 288 g/mol. The zero-order chi connectivity index (χ0) is 15.4. The molecule has 1 atom stereocenters. The molecule has 1 aromatic rings. The van der Waals surface area contributed by atoms with Crippen molar-refractivity contribution >= 4 is 23.2 Å². The Bertz CT molecular complexity index is 521. The first kappa shape index (κ1) is 15.9. The quantitative estimate of drug-likeness (QED) is 0.846. The second-order valence-corrected chi connectivity index (χ2v) is 6.89. The van der Waals surface area contributed by atoms with Gasteiger partial charge in [-0.3, -0.25) is 9.59 Å². The van der Waals surface area contributed by atoms with Gasteiger partial charge in [-0.25, -0.2) is 4.98 Å². The molecule has 1 aliphatic carbocycles. The number of thiazole rings is 1.